The minimum Gasteiger partial charge on any atom is -0.356 e. The molecule has 0 saturated carbocycles. The van der Waals surface area contributed by atoms with Crippen LogP contribution in [0.2, 0.25) is 0 Å². The lowest BCUT2D eigenvalue weighted by Crippen LogP contribution is -2.32. The molecule has 3 N–H and O–H groups in total. The van der Waals surface area contributed by atoms with Crippen LogP contribution in [0.3, 0.4) is 0 Å². The third-order valence-corrected chi connectivity index (χ3v) is 3.34. The van der Waals surface area contributed by atoms with Gasteiger partial charge >= 0.3 is 0 Å². The summed E-state index contributed by atoms with van der Waals surface area (Å²) in [5.74, 6) is 0.306. The third kappa shape index (κ3) is 5.04. The number of hydrogen-bond acceptors (Lipinski definition) is 3. The van der Waals surface area contributed by atoms with E-state index in [0.717, 1.165) is 12.1 Å². The molecule has 0 radical (unpaired) electrons. The number of nitrogens with zero attached hydrogens (tertiary/aromatic N) is 2. The van der Waals surface area contributed by atoms with Gasteiger partial charge in [-0.05, 0) is 17.5 Å². The summed E-state index contributed by atoms with van der Waals surface area (Å²) in [4.78, 5) is 11.9. The third-order valence-electron chi connectivity index (χ3n) is 3.34. The lowest BCUT2D eigenvalue weighted by atomic mass is 10.0. The van der Waals surface area contributed by atoms with Gasteiger partial charge in [0.2, 0.25) is 5.91 Å². The van der Waals surface area contributed by atoms with E-state index in [1.54, 1.807) is 6.20 Å². The molecule has 1 amide bonds. The summed E-state index contributed by atoms with van der Waals surface area (Å²) < 4.78 is 1.87. The smallest absolute Gasteiger partial charge is 0.221 e. The van der Waals surface area contributed by atoms with Gasteiger partial charge in [-0.15, -0.1) is 0 Å². The highest BCUT2D eigenvalue weighted by Gasteiger charge is 2.12. The summed E-state index contributed by atoms with van der Waals surface area (Å²) in [5.41, 5.74) is 7.02. The van der Waals surface area contributed by atoms with E-state index in [2.05, 4.69) is 17.3 Å². The zero-order valence-corrected chi connectivity index (χ0v) is 12.3. The van der Waals surface area contributed by atoms with Crippen molar-refractivity contribution in [2.24, 2.45) is 11.7 Å². The predicted molar refractivity (Wildman–Crippen MR) is 82.4 cm³/mol. The first kappa shape index (κ1) is 15.3. The first-order chi connectivity index (χ1) is 10.1. The van der Waals surface area contributed by atoms with E-state index in [0.29, 0.717) is 18.9 Å². The van der Waals surface area contributed by atoms with E-state index in [9.17, 15) is 4.79 Å². The van der Waals surface area contributed by atoms with Crippen LogP contribution in [-0.4, -0.2) is 22.2 Å². The topological polar surface area (TPSA) is 72.9 Å². The number of rotatable bonds is 7. The number of nitrogens with two attached hydrogens (primary N) is 1. The van der Waals surface area contributed by atoms with Crippen molar-refractivity contribution in [3.63, 3.8) is 0 Å². The van der Waals surface area contributed by atoms with E-state index in [-0.39, 0.29) is 11.9 Å². The minimum atomic E-state index is -0.257. The van der Waals surface area contributed by atoms with Crippen LogP contribution in [-0.2, 0) is 11.3 Å². The molecule has 0 saturated heterocycles. The first-order valence-electron chi connectivity index (χ1n) is 7.20. The molecule has 0 spiro atoms. The fourth-order valence-corrected chi connectivity index (χ4v) is 2.17. The molecule has 2 rings (SSSR count). The number of carbonyl (C=O) groups is 1. The molecule has 0 bridgehead atoms. The number of benzene rings is 1. The van der Waals surface area contributed by atoms with Gasteiger partial charge in [-0.25, -0.2) is 0 Å². The van der Waals surface area contributed by atoms with Crippen molar-refractivity contribution in [1.82, 2.24) is 15.1 Å². The molecule has 0 fully saturated rings. The van der Waals surface area contributed by atoms with E-state index in [1.807, 2.05) is 47.3 Å². The Labute approximate surface area is 125 Å². The van der Waals surface area contributed by atoms with Gasteiger partial charge in [-0.1, -0.05) is 37.3 Å². The molecule has 5 nitrogen and oxygen atoms in total. The van der Waals surface area contributed by atoms with E-state index >= 15 is 0 Å². The summed E-state index contributed by atoms with van der Waals surface area (Å²) in [6.45, 7) is 3.50. The van der Waals surface area contributed by atoms with Crippen LogP contribution < -0.4 is 11.1 Å². The highest BCUT2D eigenvalue weighted by molar-refractivity contribution is 5.76. The van der Waals surface area contributed by atoms with Crippen molar-refractivity contribution in [2.75, 3.05) is 6.54 Å². The second-order valence-corrected chi connectivity index (χ2v) is 5.36. The summed E-state index contributed by atoms with van der Waals surface area (Å²) >= 11 is 0. The van der Waals surface area contributed by atoms with Gasteiger partial charge in [-0.3, -0.25) is 9.48 Å². The quantitative estimate of drug-likeness (QED) is 0.814. The molecule has 2 unspecified atom stereocenters. The monoisotopic (exact) mass is 286 g/mol. The number of aromatic nitrogens is 2. The van der Waals surface area contributed by atoms with Crippen molar-refractivity contribution in [3.05, 3.63) is 54.4 Å². The van der Waals surface area contributed by atoms with Crippen LogP contribution in [0.5, 0.6) is 0 Å². The molecule has 112 valence electrons. The van der Waals surface area contributed by atoms with Gasteiger partial charge in [0.15, 0.2) is 0 Å². The number of carbonyl (C=O) groups excluding carboxylic acids is 1. The maximum atomic E-state index is 11.9. The zero-order valence-electron chi connectivity index (χ0n) is 12.3. The van der Waals surface area contributed by atoms with Crippen LogP contribution in [0.4, 0.5) is 0 Å². The van der Waals surface area contributed by atoms with Crippen LogP contribution in [0.15, 0.2) is 48.8 Å². The molecule has 21 heavy (non-hydrogen) atoms. The molecule has 1 aromatic carbocycles. The van der Waals surface area contributed by atoms with Gasteiger partial charge in [0, 0.05) is 37.9 Å². The molecule has 2 aromatic rings. The van der Waals surface area contributed by atoms with Crippen molar-refractivity contribution in [1.29, 1.82) is 0 Å². The molecule has 0 aliphatic carbocycles. The molecule has 2 atom stereocenters. The normalized spacial score (nSPS) is 13.6. The molecular formula is C16H22N4O. The van der Waals surface area contributed by atoms with Gasteiger partial charge in [0.1, 0.15) is 0 Å². The second-order valence-electron chi connectivity index (χ2n) is 5.36. The Morgan fingerprint density at radius 3 is 2.76 bits per heavy atom. The number of amides is 1. The van der Waals surface area contributed by atoms with Crippen molar-refractivity contribution >= 4 is 5.91 Å². The molecule has 0 aliphatic heterocycles. The highest BCUT2D eigenvalue weighted by atomic mass is 16.1. The zero-order chi connectivity index (χ0) is 15.1. The van der Waals surface area contributed by atoms with Crippen LogP contribution in [0.25, 0.3) is 0 Å². The average Bonchev–Trinajstić information content (AvgIpc) is 2.99. The van der Waals surface area contributed by atoms with E-state index in [4.69, 9.17) is 5.73 Å². The van der Waals surface area contributed by atoms with Gasteiger partial charge in [0.25, 0.3) is 0 Å². The van der Waals surface area contributed by atoms with Crippen molar-refractivity contribution in [2.45, 2.75) is 25.9 Å². The van der Waals surface area contributed by atoms with Crippen molar-refractivity contribution < 1.29 is 4.79 Å². The van der Waals surface area contributed by atoms with Crippen LogP contribution >= 0.6 is 0 Å². The summed E-state index contributed by atoms with van der Waals surface area (Å²) in [5, 5.41) is 7.09. The lowest BCUT2D eigenvalue weighted by molar-refractivity contribution is -0.121. The minimum absolute atomic E-state index is 0.0151. The summed E-state index contributed by atoms with van der Waals surface area (Å²) in [6, 6.07) is 11.3. The Balaban J connectivity index is 1.72. The van der Waals surface area contributed by atoms with Crippen LogP contribution in [0.1, 0.15) is 24.9 Å². The predicted octanol–water partition coefficient (Wildman–Crippen LogP) is 1.73. The van der Waals surface area contributed by atoms with Gasteiger partial charge in [-0.2, -0.15) is 5.10 Å². The van der Waals surface area contributed by atoms with E-state index in [1.165, 1.54) is 0 Å². The summed E-state index contributed by atoms with van der Waals surface area (Å²) in [7, 11) is 0. The first-order valence-corrected chi connectivity index (χ1v) is 7.20. The number of hydrogen-bond donors (Lipinski definition) is 2. The molecule has 0 aliphatic rings. The van der Waals surface area contributed by atoms with Crippen molar-refractivity contribution in [3.8, 4) is 0 Å². The maximum Gasteiger partial charge on any atom is 0.221 e. The molecule has 5 heteroatoms. The van der Waals surface area contributed by atoms with Gasteiger partial charge in [0.05, 0.1) is 0 Å². The average molecular weight is 286 g/mol. The molecule has 1 heterocycles. The maximum absolute atomic E-state index is 11.9. The SMILES string of the molecule is CC(CNC(=O)CC(N)c1ccccc1)Cn1cccn1. The van der Waals surface area contributed by atoms with Gasteiger partial charge < -0.3 is 11.1 Å². The number of nitrogens with one attached hydrogen (secondary N) is 1. The Hall–Kier alpha value is -2.14. The highest BCUT2D eigenvalue weighted by Crippen LogP contribution is 2.12. The Bertz CT molecular complexity index is 539. The van der Waals surface area contributed by atoms with Crippen LogP contribution in [0, 0.1) is 5.92 Å². The second kappa shape index (κ2) is 7.59. The van der Waals surface area contributed by atoms with E-state index < -0.39 is 0 Å². The molecule has 1 aromatic heterocycles. The molecular weight excluding hydrogens is 264 g/mol. The largest absolute Gasteiger partial charge is 0.356 e. The Morgan fingerprint density at radius 2 is 2.10 bits per heavy atom. The summed E-state index contributed by atoms with van der Waals surface area (Å²) in [6.07, 6.45) is 3.98. The Morgan fingerprint density at radius 1 is 1.33 bits per heavy atom. The lowest BCUT2D eigenvalue weighted by Gasteiger charge is -2.15. The standard InChI is InChI=1S/C16H22N4O/c1-13(12-20-9-5-8-19-20)11-18-16(21)10-15(17)14-6-3-2-4-7-14/h2-9,13,15H,10-12,17H2,1H3,(H,18,21). The Kier molecular flexibility index (Phi) is 5.51. The fourth-order valence-electron chi connectivity index (χ4n) is 2.17. The fraction of sp³-hybridized carbons (Fsp3) is 0.375.